The molecule has 2 aromatic carbocycles. The lowest BCUT2D eigenvalue weighted by Crippen LogP contribution is -2.23. The fourth-order valence-electron chi connectivity index (χ4n) is 4.75. The third-order valence-electron chi connectivity index (χ3n) is 6.69. The van der Waals surface area contributed by atoms with E-state index in [4.69, 9.17) is 0 Å². The number of anilines is 1. The van der Waals surface area contributed by atoms with Gasteiger partial charge in [0.05, 0.1) is 11.3 Å². The first kappa shape index (κ1) is 26.4. The molecule has 0 radical (unpaired) electrons. The van der Waals surface area contributed by atoms with E-state index >= 15 is 0 Å². The Hall–Kier alpha value is -4.18. The first-order valence-electron chi connectivity index (χ1n) is 12.6. The number of hydrogen-bond acceptors (Lipinski definition) is 6. The minimum Gasteiger partial charge on any atom is -0.322 e. The van der Waals surface area contributed by atoms with Gasteiger partial charge < -0.3 is 5.32 Å². The number of carbonyl (C=O) groups is 1. The van der Waals surface area contributed by atoms with Crippen LogP contribution in [0.4, 0.5) is 18.9 Å². The van der Waals surface area contributed by atoms with Crippen LogP contribution in [-0.4, -0.2) is 43.8 Å². The smallest absolute Gasteiger partial charge is 0.322 e. The zero-order valence-electron chi connectivity index (χ0n) is 21.3. The first-order valence-corrected chi connectivity index (χ1v) is 12.6. The molecule has 0 spiro atoms. The topological polar surface area (TPSA) is 83.9 Å². The van der Waals surface area contributed by atoms with E-state index in [9.17, 15) is 18.0 Å². The molecule has 1 amide bonds. The average Bonchev–Trinajstić information content (AvgIpc) is 3.33. The van der Waals surface area contributed by atoms with E-state index in [0.717, 1.165) is 36.7 Å². The second-order valence-electron chi connectivity index (χ2n) is 9.82. The molecule has 39 heavy (non-hydrogen) atoms. The van der Waals surface area contributed by atoms with Gasteiger partial charge in [-0.1, -0.05) is 25.1 Å². The molecule has 1 atom stereocenters. The van der Waals surface area contributed by atoms with Gasteiger partial charge in [0.1, 0.15) is 12.2 Å². The van der Waals surface area contributed by atoms with Crippen LogP contribution in [0.15, 0.2) is 73.4 Å². The van der Waals surface area contributed by atoms with E-state index in [1.807, 2.05) is 11.0 Å². The third-order valence-corrected chi connectivity index (χ3v) is 6.69. The van der Waals surface area contributed by atoms with E-state index in [1.54, 1.807) is 42.9 Å². The van der Waals surface area contributed by atoms with Crippen molar-refractivity contribution in [3.63, 3.8) is 0 Å². The van der Waals surface area contributed by atoms with Crippen molar-refractivity contribution in [3.8, 4) is 11.3 Å². The summed E-state index contributed by atoms with van der Waals surface area (Å²) in [6, 6.07) is 12.7. The summed E-state index contributed by atoms with van der Waals surface area (Å²) in [5.74, 6) is 0.424. The van der Waals surface area contributed by atoms with Gasteiger partial charge in [0.2, 0.25) is 0 Å². The number of halogens is 3. The van der Waals surface area contributed by atoms with Gasteiger partial charge >= 0.3 is 6.18 Å². The highest BCUT2D eigenvalue weighted by atomic mass is 19.4. The predicted octanol–water partition coefficient (Wildman–Crippen LogP) is 5.64. The van der Waals surface area contributed by atoms with Crippen LogP contribution in [0.5, 0.6) is 0 Å². The fourth-order valence-corrected chi connectivity index (χ4v) is 4.75. The number of alkyl halides is 3. The second kappa shape index (κ2) is 11.3. The Bertz CT molecular complexity index is 1460. The summed E-state index contributed by atoms with van der Waals surface area (Å²) in [6.45, 7) is 3.85. The number of hydrogen-bond donors (Lipinski definition) is 1. The molecule has 10 heteroatoms. The van der Waals surface area contributed by atoms with Crippen molar-refractivity contribution < 1.29 is 18.0 Å². The average molecular weight is 533 g/mol. The van der Waals surface area contributed by atoms with Gasteiger partial charge in [-0.05, 0) is 60.3 Å². The molecular formula is C29H27F3N6O. The molecular weight excluding hydrogens is 505 g/mol. The molecule has 7 nitrogen and oxygen atoms in total. The number of likely N-dealkylation sites (tertiary alicyclic amines) is 1. The Morgan fingerprint density at radius 3 is 2.67 bits per heavy atom. The maximum atomic E-state index is 13.9. The number of rotatable bonds is 7. The number of benzene rings is 2. The largest absolute Gasteiger partial charge is 0.416 e. The number of nitrogens with zero attached hydrogens (tertiary/aromatic N) is 5. The maximum absolute atomic E-state index is 13.9. The Morgan fingerprint density at radius 1 is 1.10 bits per heavy atom. The Balaban J connectivity index is 1.30. The van der Waals surface area contributed by atoms with Gasteiger partial charge in [-0.15, -0.1) is 0 Å². The van der Waals surface area contributed by atoms with Gasteiger partial charge in [0.15, 0.2) is 0 Å². The number of aromatic nitrogens is 4. The monoisotopic (exact) mass is 532 g/mol. The molecule has 0 saturated carbocycles. The molecule has 1 fully saturated rings. The minimum atomic E-state index is -4.56. The summed E-state index contributed by atoms with van der Waals surface area (Å²) in [4.78, 5) is 31.9. The van der Waals surface area contributed by atoms with Crippen LogP contribution in [0, 0.1) is 5.92 Å². The second-order valence-corrected chi connectivity index (χ2v) is 9.82. The van der Waals surface area contributed by atoms with Crippen molar-refractivity contribution in [1.29, 1.82) is 0 Å². The summed E-state index contributed by atoms with van der Waals surface area (Å²) < 4.78 is 41.7. The lowest BCUT2D eigenvalue weighted by atomic mass is 10.0. The molecule has 5 rings (SSSR count). The number of carbonyl (C=O) groups excluding carboxylic acids is 1. The van der Waals surface area contributed by atoms with Gasteiger partial charge in [0.25, 0.3) is 5.91 Å². The molecule has 3 heterocycles. The van der Waals surface area contributed by atoms with E-state index < -0.39 is 17.6 Å². The van der Waals surface area contributed by atoms with Crippen LogP contribution < -0.4 is 5.32 Å². The molecule has 4 aromatic rings. The van der Waals surface area contributed by atoms with Crippen LogP contribution in [-0.2, 0) is 19.1 Å². The molecule has 1 aliphatic heterocycles. The highest BCUT2D eigenvalue weighted by Crippen LogP contribution is 2.34. The van der Waals surface area contributed by atoms with E-state index in [1.165, 1.54) is 18.5 Å². The normalized spacial score (nSPS) is 15.8. The molecule has 1 N–H and O–H groups in total. The van der Waals surface area contributed by atoms with Crippen molar-refractivity contribution in [2.24, 2.45) is 5.92 Å². The summed E-state index contributed by atoms with van der Waals surface area (Å²) in [7, 11) is 0. The van der Waals surface area contributed by atoms with E-state index in [-0.39, 0.29) is 17.7 Å². The summed E-state index contributed by atoms with van der Waals surface area (Å²) in [5, 5.41) is 2.72. The molecule has 1 aliphatic rings. The predicted molar refractivity (Wildman–Crippen MR) is 141 cm³/mol. The SMILES string of the molecule is C[C@H]1CCN(Cc2ccc(C(=O)Nc3cccc(Cc4nccc(-c5cncnc5)n4)c3)cc2C(F)(F)F)C1. The summed E-state index contributed by atoms with van der Waals surface area (Å²) in [6.07, 6.45) is 3.24. The van der Waals surface area contributed by atoms with Crippen molar-refractivity contribution in [2.45, 2.75) is 32.5 Å². The van der Waals surface area contributed by atoms with Crippen LogP contribution in [0.3, 0.4) is 0 Å². The van der Waals surface area contributed by atoms with Crippen LogP contribution in [0.2, 0.25) is 0 Å². The van der Waals surface area contributed by atoms with Gasteiger partial charge in [-0.25, -0.2) is 19.9 Å². The summed E-state index contributed by atoms with van der Waals surface area (Å²) >= 11 is 0. The number of amides is 1. The Morgan fingerprint density at radius 2 is 1.92 bits per heavy atom. The lowest BCUT2D eigenvalue weighted by molar-refractivity contribution is -0.138. The quantitative estimate of drug-likeness (QED) is 0.332. The fraction of sp³-hybridized carbons (Fsp3) is 0.276. The van der Waals surface area contributed by atoms with Crippen molar-refractivity contribution in [2.75, 3.05) is 18.4 Å². The zero-order chi connectivity index (χ0) is 27.4. The standard InChI is InChI=1S/C29H27F3N6O/c1-19-8-10-38(16-19)17-22-6-5-21(13-25(22)29(30,31)32)28(39)36-24-4-2-3-20(11-24)12-27-35-9-7-26(37-27)23-14-33-18-34-15-23/h2-7,9,11,13-15,18-19H,8,10,12,16-17H2,1H3,(H,36,39)/t19-/m0/s1. The molecule has 0 unspecified atom stereocenters. The van der Waals surface area contributed by atoms with Crippen molar-refractivity contribution in [1.82, 2.24) is 24.8 Å². The van der Waals surface area contributed by atoms with E-state index in [2.05, 4.69) is 32.2 Å². The first-order chi connectivity index (χ1) is 18.7. The summed E-state index contributed by atoms with van der Waals surface area (Å²) in [5.41, 5.74) is 2.11. The highest BCUT2D eigenvalue weighted by Gasteiger charge is 2.35. The zero-order valence-corrected chi connectivity index (χ0v) is 21.3. The third kappa shape index (κ3) is 6.64. The molecule has 0 bridgehead atoms. The maximum Gasteiger partial charge on any atom is 0.416 e. The van der Waals surface area contributed by atoms with Gasteiger partial charge in [-0.2, -0.15) is 13.2 Å². The van der Waals surface area contributed by atoms with Gasteiger partial charge in [-0.3, -0.25) is 9.69 Å². The van der Waals surface area contributed by atoms with Crippen molar-refractivity contribution in [3.05, 3.63) is 102 Å². The van der Waals surface area contributed by atoms with Crippen LogP contribution in [0.1, 0.15) is 46.2 Å². The van der Waals surface area contributed by atoms with Crippen LogP contribution >= 0.6 is 0 Å². The van der Waals surface area contributed by atoms with Crippen LogP contribution in [0.25, 0.3) is 11.3 Å². The Kier molecular flexibility index (Phi) is 7.65. The lowest BCUT2D eigenvalue weighted by Gasteiger charge is -2.20. The minimum absolute atomic E-state index is 0.0487. The Labute approximate surface area is 224 Å². The molecule has 1 saturated heterocycles. The molecule has 2 aromatic heterocycles. The van der Waals surface area contributed by atoms with Crippen molar-refractivity contribution >= 4 is 11.6 Å². The molecule has 0 aliphatic carbocycles. The highest BCUT2D eigenvalue weighted by molar-refractivity contribution is 6.04. The molecule has 200 valence electrons. The van der Waals surface area contributed by atoms with Gasteiger partial charge in [0, 0.05) is 54.9 Å². The number of nitrogens with one attached hydrogen (secondary N) is 1. The van der Waals surface area contributed by atoms with E-state index in [0.29, 0.717) is 29.5 Å².